The van der Waals surface area contributed by atoms with Gasteiger partial charge in [-0.15, -0.1) is 0 Å². The number of phenols is 1. The third-order valence-corrected chi connectivity index (χ3v) is 6.28. The number of aliphatic imine (C=N–C) groups is 1. The molecular formula is C22H28N4O3S. The Morgan fingerprint density at radius 1 is 1.37 bits per heavy atom. The maximum absolute atomic E-state index is 12.0. The summed E-state index contributed by atoms with van der Waals surface area (Å²) in [6, 6.07) is 7.34. The molecule has 3 N–H and O–H groups in total. The number of para-hydroxylation sites is 1. The Labute approximate surface area is 181 Å². The van der Waals surface area contributed by atoms with Crippen LogP contribution in [0.25, 0.3) is 0 Å². The van der Waals surface area contributed by atoms with Crippen molar-refractivity contribution in [1.82, 2.24) is 15.5 Å². The average Bonchev–Trinajstić information content (AvgIpc) is 3.21. The third kappa shape index (κ3) is 4.59. The average molecular weight is 429 g/mol. The summed E-state index contributed by atoms with van der Waals surface area (Å²) in [6.45, 7) is 6.12. The highest BCUT2D eigenvalue weighted by atomic mass is 32.2. The van der Waals surface area contributed by atoms with Crippen LogP contribution in [0.1, 0.15) is 32.3 Å². The van der Waals surface area contributed by atoms with Crippen LogP contribution >= 0.6 is 11.8 Å². The number of amidine groups is 1. The van der Waals surface area contributed by atoms with Crippen molar-refractivity contribution >= 4 is 23.7 Å². The minimum Gasteiger partial charge on any atom is -0.507 e. The summed E-state index contributed by atoms with van der Waals surface area (Å²) < 4.78 is 5.24. The molecule has 4 rings (SSSR count). The number of nitrogens with one attached hydrogen (secondary N) is 2. The van der Waals surface area contributed by atoms with E-state index in [1.54, 1.807) is 23.9 Å². The number of hydrogen-bond donors (Lipinski definition) is 3. The molecule has 0 spiro atoms. The second kappa shape index (κ2) is 9.04. The van der Waals surface area contributed by atoms with Gasteiger partial charge in [0.1, 0.15) is 23.4 Å². The van der Waals surface area contributed by atoms with Crippen molar-refractivity contribution in [2.75, 3.05) is 19.7 Å². The smallest absolute Gasteiger partial charge is 0.407 e. The second-order valence-electron chi connectivity index (χ2n) is 8.12. The maximum Gasteiger partial charge on any atom is 0.407 e. The lowest BCUT2D eigenvalue weighted by Crippen LogP contribution is -2.48. The molecule has 0 saturated carbocycles. The van der Waals surface area contributed by atoms with Crippen LogP contribution in [0.3, 0.4) is 0 Å². The van der Waals surface area contributed by atoms with Crippen molar-refractivity contribution in [2.45, 2.75) is 38.8 Å². The number of thioether (sulfide) groups is 1. The van der Waals surface area contributed by atoms with Gasteiger partial charge in [-0.3, -0.25) is 4.99 Å². The maximum atomic E-state index is 12.0. The number of rotatable bonds is 5. The summed E-state index contributed by atoms with van der Waals surface area (Å²) in [5.74, 6) is 2.27. The van der Waals surface area contributed by atoms with Gasteiger partial charge in [-0.1, -0.05) is 37.7 Å². The highest BCUT2D eigenvalue weighted by Gasteiger charge is 2.32. The number of hydrogen-bond acceptors (Lipinski definition) is 7. The number of carbonyl (C=O) groups excluding carboxylic acids is 1. The van der Waals surface area contributed by atoms with Gasteiger partial charge in [-0.05, 0) is 42.4 Å². The lowest BCUT2D eigenvalue weighted by Gasteiger charge is -2.38. The van der Waals surface area contributed by atoms with E-state index in [0.29, 0.717) is 23.9 Å². The van der Waals surface area contributed by atoms with Crippen LogP contribution in [0.2, 0.25) is 0 Å². The number of fused-ring (bicyclic) bond motifs is 1. The molecule has 1 fully saturated rings. The van der Waals surface area contributed by atoms with E-state index in [1.807, 2.05) is 26.0 Å². The number of alkyl carbamates (subject to hydrolysis) is 1. The zero-order valence-electron chi connectivity index (χ0n) is 17.3. The van der Waals surface area contributed by atoms with E-state index in [-0.39, 0.29) is 23.9 Å². The predicted molar refractivity (Wildman–Crippen MR) is 119 cm³/mol. The first-order chi connectivity index (χ1) is 14.5. The first-order valence-electron chi connectivity index (χ1n) is 10.4. The lowest BCUT2D eigenvalue weighted by molar-refractivity contribution is 0.123. The van der Waals surface area contributed by atoms with E-state index in [4.69, 9.17) is 9.73 Å². The molecule has 1 aromatic carbocycles. The fourth-order valence-electron chi connectivity index (χ4n) is 3.73. The quantitative estimate of drug-likeness (QED) is 0.667. The van der Waals surface area contributed by atoms with Gasteiger partial charge in [-0.25, -0.2) is 4.79 Å². The molecule has 7 nitrogen and oxygen atoms in total. The van der Waals surface area contributed by atoms with Gasteiger partial charge in [0.05, 0.1) is 17.1 Å². The van der Waals surface area contributed by atoms with Gasteiger partial charge in [-0.2, -0.15) is 0 Å². The van der Waals surface area contributed by atoms with Crippen molar-refractivity contribution in [2.24, 2.45) is 10.9 Å². The normalized spacial score (nSPS) is 21.4. The molecule has 1 amide bonds. The van der Waals surface area contributed by atoms with Gasteiger partial charge in [0, 0.05) is 19.1 Å². The zero-order chi connectivity index (χ0) is 21.1. The number of phenolic OH excluding ortho intramolecular Hbond substituents is 1. The van der Waals surface area contributed by atoms with Crippen LogP contribution in [0.4, 0.5) is 4.79 Å². The number of carbonyl (C=O) groups is 1. The van der Waals surface area contributed by atoms with Gasteiger partial charge < -0.3 is 25.4 Å². The second-order valence-corrected chi connectivity index (χ2v) is 9.07. The molecule has 1 atom stereocenters. The van der Waals surface area contributed by atoms with Gasteiger partial charge in [0.2, 0.25) is 0 Å². The SMILES string of the molecule is CC(C)COC(=O)NC1CCN(C2=C3SC=CC3N=C(c3ccccc3O)N2)CC1. The Kier molecular flexibility index (Phi) is 6.22. The standard InChI is InChI=1S/C22H28N4O3S/c1-14(2)13-29-22(28)23-15-7-10-26(11-8-15)21-19-17(9-12-30-19)24-20(25-21)16-5-3-4-6-18(16)27/h3-6,9,12,14-15,17,27H,7-8,10-11,13H2,1-2H3,(H,23,28)(H,24,25). The molecular weight excluding hydrogens is 400 g/mol. The number of aromatic hydroxyl groups is 1. The molecule has 3 aliphatic rings. The molecule has 8 heteroatoms. The van der Waals surface area contributed by atoms with E-state index in [0.717, 1.165) is 31.8 Å². The van der Waals surface area contributed by atoms with E-state index in [9.17, 15) is 9.90 Å². The minimum absolute atomic E-state index is 0.0253. The molecule has 3 heterocycles. The Bertz CT molecular complexity index is 888. The van der Waals surface area contributed by atoms with Crippen molar-refractivity contribution in [3.63, 3.8) is 0 Å². The summed E-state index contributed by atoms with van der Waals surface area (Å²) in [5, 5.41) is 18.8. The predicted octanol–water partition coefficient (Wildman–Crippen LogP) is 3.39. The molecule has 0 bridgehead atoms. The summed E-state index contributed by atoms with van der Waals surface area (Å²) in [7, 11) is 0. The summed E-state index contributed by atoms with van der Waals surface area (Å²) in [4.78, 5) is 20.2. The monoisotopic (exact) mass is 428 g/mol. The third-order valence-electron chi connectivity index (χ3n) is 5.30. The number of nitrogens with zero attached hydrogens (tertiary/aromatic N) is 2. The van der Waals surface area contributed by atoms with Crippen molar-refractivity contribution in [3.05, 3.63) is 52.0 Å². The van der Waals surface area contributed by atoms with Crippen LogP contribution in [0.15, 0.2) is 51.5 Å². The summed E-state index contributed by atoms with van der Waals surface area (Å²) >= 11 is 1.69. The number of likely N-dealkylation sites (tertiary alicyclic amines) is 1. The first-order valence-corrected chi connectivity index (χ1v) is 11.3. The number of benzene rings is 1. The van der Waals surface area contributed by atoms with Crippen molar-refractivity contribution in [3.8, 4) is 5.75 Å². The molecule has 0 radical (unpaired) electrons. The summed E-state index contributed by atoms with van der Waals surface area (Å²) in [5.41, 5.74) is 0.698. The van der Waals surface area contributed by atoms with Gasteiger partial charge in [0.25, 0.3) is 0 Å². The van der Waals surface area contributed by atoms with E-state index in [1.165, 1.54) is 4.91 Å². The molecule has 0 aliphatic carbocycles. The Morgan fingerprint density at radius 3 is 2.87 bits per heavy atom. The van der Waals surface area contributed by atoms with E-state index in [2.05, 4.69) is 27.0 Å². The van der Waals surface area contributed by atoms with Crippen molar-refractivity contribution < 1.29 is 14.6 Å². The topological polar surface area (TPSA) is 86.2 Å². The Morgan fingerprint density at radius 2 is 2.13 bits per heavy atom. The van der Waals surface area contributed by atoms with Crippen LogP contribution in [0.5, 0.6) is 5.75 Å². The highest BCUT2D eigenvalue weighted by Crippen LogP contribution is 2.37. The largest absolute Gasteiger partial charge is 0.507 e. The van der Waals surface area contributed by atoms with Crippen LogP contribution in [0, 0.1) is 5.92 Å². The lowest BCUT2D eigenvalue weighted by atomic mass is 10.0. The van der Waals surface area contributed by atoms with Crippen LogP contribution in [-0.2, 0) is 4.74 Å². The molecule has 1 aromatic rings. The Hall–Kier alpha value is -2.61. The fourth-order valence-corrected chi connectivity index (χ4v) is 4.67. The minimum atomic E-state index is -0.329. The number of piperidine rings is 1. The summed E-state index contributed by atoms with van der Waals surface area (Å²) in [6.07, 6.45) is 3.45. The van der Waals surface area contributed by atoms with Gasteiger partial charge >= 0.3 is 6.09 Å². The molecule has 1 unspecified atom stereocenters. The molecule has 1 saturated heterocycles. The molecule has 3 aliphatic heterocycles. The number of amides is 1. The number of ether oxygens (including phenoxy) is 1. The molecule has 0 aromatic heterocycles. The van der Waals surface area contributed by atoms with Crippen molar-refractivity contribution in [1.29, 1.82) is 0 Å². The molecule has 30 heavy (non-hydrogen) atoms. The molecule has 160 valence electrons. The van der Waals surface area contributed by atoms with Crippen LogP contribution < -0.4 is 10.6 Å². The van der Waals surface area contributed by atoms with Gasteiger partial charge in [0.15, 0.2) is 0 Å². The van der Waals surface area contributed by atoms with Crippen LogP contribution in [-0.4, -0.2) is 53.7 Å². The Balaban J connectivity index is 1.41. The van der Waals surface area contributed by atoms with E-state index < -0.39 is 0 Å². The van der Waals surface area contributed by atoms with E-state index >= 15 is 0 Å². The highest BCUT2D eigenvalue weighted by molar-refractivity contribution is 8.06. The fraction of sp³-hybridized carbons (Fsp3) is 0.455. The zero-order valence-corrected chi connectivity index (χ0v) is 18.1. The first kappa shape index (κ1) is 20.7.